The number of hydrogen-bond acceptors (Lipinski definition) is 2. The Morgan fingerprint density at radius 2 is 1.69 bits per heavy atom. The van der Waals surface area contributed by atoms with E-state index >= 15 is 0 Å². The van der Waals surface area contributed by atoms with E-state index in [-0.39, 0.29) is 17.9 Å². The highest BCUT2D eigenvalue weighted by molar-refractivity contribution is 6.31. The van der Waals surface area contributed by atoms with Crippen molar-refractivity contribution in [2.75, 3.05) is 0 Å². The Bertz CT molecular complexity index is 794. The van der Waals surface area contributed by atoms with Crippen molar-refractivity contribution in [3.05, 3.63) is 70.7 Å². The van der Waals surface area contributed by atoms with Gasteiger partial charge in [-0.1, -0.05) is 74.0 Å². The van der Waals surface area contributed by atoms with Gasteiger partial charge in [-0.15, -0.1) is 0 Å². The number of halogens is 1. The summed E-state index contributed by atoms with van der Waals surface area (Å²) in [6.45, 7) is 6.28. The van der Waals surface area contributed by atoms with Crippen LogP contribution in [0.5, 0.6) is 0 Å². The summed E-state index contributed by atoms with van der Waals surface area (Å²) in [5.41, 5.74) is 1.86. The molecule has 0 aliphatic carbocycles. The summed E-state index contributed by atoms with van der Waals surface area (Å²) in [5.74, 6) is -0.160. The standard InChI is InChI=1S/C24H31ClN2O2/c1-4-11-23(28)27(17-20-14-9-10-15-21(20)25)22(24(29)26-18(3)5-2)16-19-12-7-6-8-13-19/h6-10,12-15,18,22H,4-5,11,16-17H2,1-3H3,(H,26,29). The molecule has 0 radical (unpaired) electrons. The molecule has 4 nitrogen and oxygen atoms in total. The zero-order valence-electron chi connectivity index (χ0n) is 17.5. The summed E-state index contributed by atoms with van der Waals surface area (Å²) in [5, 5.41) is 3.66. The van der Waals surface area contributed by atoms with Gasteiger partial charge in [0.1, 0.15) is 6.04 Å². The Labute approximate surface area is 179 Å². The van der Waals surface area contributed by atoms with Crippen LogP contribution in [0, 0.1) is 0 Å². The average Bonchev–Trinajstić information content (AvgIpc) is 2.72. The monoisotopic (exact) mass is 414 g/mol. The molecule has 0 bridgehead atoms. The lowest BCUT2D eigenvalue weighted by Crippen LogP contribution is -2.52. The van der Waals surface area contributed by atoms with Crippen LogP contribution in [0.15, 0.2) is 54.6 Å². The van der Waals surface area contributed by atoms with E-state index in [1.165, 1.54) is 0 Å². The smallest absolute Gasteiger partial charge is 0.243 e. The van der Waals surface area contributed by atoms with Gasteiger partial charge in [0, 0.05) is 30.5 Å². The minimum absolute atomic E-state index is 0.0346. The van der Waals surface area contributed by atoms with Crippen molar-refractivity contribution in [2.24, 2.45) is 0 Å². The molecule has 0 saturated carbocycles. The van der Waals surface area contributed by atoms with E-state index in [1.54, 1.807) is 4.90 Å². The molecule has 2 rings (SSSR count). The normalized spacial score (nSPS) is 12.8. The second-order valence-corrected chi connectivity index (χ2v) is 7.79. The van der Waals surface area contributed by atoms with Crippen LogP contribution in [-0.2, 0) is 22.6 Å². The molecule has 0 heterocycles. The summed E-state index contributed by atoms with van der Waals surface area (Å²) < 4.78 is 0. The van der Waals surface area contributed by atoms with Gasteiger partial charge in [-0.25, -0.2) is 0 Å². The fourth-order valence-corrected chi connectivity index (χ4v) is 3.36. The van der Waals surface area contributed by atoms with Gasteiger partial charge in [0.05, 0.1) is 0 Å². The molecule has 1 N–H and O–H groups in total. The molecule has 0 aromatic heterocycles. The molecular weight excluding hydrogens is 384 g/mol. The molecule has 0 aliphatic rings. The summed E-state index contributed by atoms with van der Waals surface area (Å²) in [6.07, 6.45) is 2.41. The minimum Gasteiger partial charge on any atom is -0.352 e. The molecule has 2 aromatic rings. The predicted octanol–water partition coefficient (Wildman–Crippen LogP) is 4.99. The highest BCUT2D eigenvalue weighted by Crippen LogP contribution is 2.21. The lowest BCUT2D eigenvalue weighted by atomic mass is 10.0. The van der Waals surface area contributed by atoms with Gasteiger partial charge in [0.2, 0.25) is 11.8 Å². The molecule has 2 unspecified atom stereocenters. The van der Waals surface area contributed by atoms with Gasteiger partial charge < -0.3 is 10.2 Å². The second-order valence-electron chi connectivity index (χ2n) is 7.39. The lowest BCUT2D eigenvalue weighted by molar-refractivity contribution is -0.141. The number of nitrogens with one attached hydrogen (secondary N) is 1. The Kier molecular flexibility index (Phi) is 9.20. The molecule has 0 spiro atoms. The average molecular weight is 415 g/mol. The number of benzene rings is 2. The van der Waals surface area contributed by atoms with Crippen molar-refractivity contribution in [2.45, 2.75) is 65.1 Å². The van der Waals surface area contributed by atoms with Crippen LogP contribution < -0.4 is 5.32 Å². The number of carbonyl (C=O) groups excluding carboxylic acids is 2. The maximum absolute atomic E-state index is 13.2. The highest BCUT2D eigenvalue weighted by atomic mass is 35.5. The number of hydrogen-bond donors (Lipinski definition) is 1. The Balaban J connectivity index is 2.39. The molecular formula is C24H31ClN2O2. The van der Waals surface area contributed by atoms with Crippen molar-refractivity contribution in [1.29, 1.82) is 0 Å². The topological polar surface area (TPSA) is 49.4 Å². The Morgan fingerprint density at radius 1 is 1.03 bits per heavy atom. The molecule has 0 fully saturated rings. The predicted molar refractivity (Wildman–Crippen MR) is 119 cm³/mol. The third-order valence-electron chi connectivity index (χ3n) is 5.03. The Morgan fingerprint density at radius 3 is 2.31 bits per heavy atom. The van der Waals surface area contributed by atoms with Gasteiger partial charge in [-0.05, 0) is 37.0 Å². The minimum atomic E-state index is -0.596. The third-order valence-corrected chi connectivity index (χ3v) is 5.40. The Hall–Kier alpha value is -2.33. The zero-order valence-corrected chi connectivity index (χ0v) is 18.3. The molecule has 0 aliphatic heterocycles. The molecule has 2 atom stereocenters. The molecule has 2 aromatic carbocycles. The van der Waals surface area contributed by atoms with Crippen molar-refractivity contribution in [3.63, 3.8) is 0 Å². The van der Waals surface area contributed by atoms with Crippen molar-refractivity contribution < 1.29 is 9.59 Å². The van der Waals surface area contributed by atoms with E-state index in [9.17, 15) is 9.59 Å². The van der Waals surface area contributed by atoms with Crippen molar-refractivity contribution in [1.82, 2.24) is 10.2 Å². The summed E-state index contributed by atoms with van der Waals surface area (Å²) >= 11 is 6.36. The van der Waals surface area contributed by atoms with Gasteiger partial charge in [-0.2, -0.15) is 0 Å². The fraction of sp³-hybridized carbons (Fsp3) is 0.417. The van der Waals surface area contributed by atoms with Crippen LogP contribution >= 0.6 is 11.6 Å². The van der Waals surface area contributed by atoms with Crippen molar-refractivity contribution in [3.8, 4) is 0 Å². The van der Waals surface area contributed by atoms with Crippen LogP contribution in [0.3, 0.4) is 0 Å². The number of amides is 2. The van der Waals surface area contributed by atoms with Gasteiger partial charge in [0.25, 0.3) is 0 Å². The number of nitrogens with zero attached hydrogens (tertiary/aromatic N) is 1. The quantitative estimate of drug-likeness (QED) is 0.595. The van der Waals surface area contributed by atoms with Crippen LogP contribution in [-0.4, -0.2) is 28.8 Å². The summed E-state index contributed by atoms with van der Waals surface area (Å²) in [7, 11) is 0. The van der Waals surface area contributed by atoms with E-state index in [0.717, 1.165) is 24.0 Å². The van der Waals surface area contributed by atoms with Gasteiger partial charge >= 0.3 is 0 Å². The largest absolute Gasteiger partial charge is 0.352 e. The van der Waals surface area contributed by atoms with Crippen molar-refractivity contribution >= 4 is 23.4 Å². The fourth-order valence-electron chi connectivity index (χ4n) is 3.16. The van der Waals surface area contributed by atoms with Crippen LogP contribution in [0.4, 0.5) is 0 Å². The van der Waals surface area contributed by atoms with E-state index < -0.39 is 6.04 Å². The maximum Gasteiger partial charge on any atom is 0.243 e. The second kappa shape index (κ2) is 11.6. The number of carbonyl (C=O) groups is 2. The molecule has 2 amide bonds. The third kappa shape index (κ3) is 6.90. The van der Waals surface area contributed by atoms with E-state index in [2.05, 4.69) is 5.32 Å². The molecule has 5 heteroatoms. The zero-order chi connectivity index (χ0) is 21.2. The van der Waals surface area contributed by atoms with Gasteiger partial charge in [0.15, 0.2) is 0 Å². The van der Waals surface area contributed by atoms with E-state index in [0.29, 0.717) is 24.4 Å². The number of rotatable bonds is 10. The molecule has 29 heavy (non-hydrogen) atoms. The summed E-state index contributed by atoms with van der Waals surface area (Å²) in [6, 6.07) is 16.7. The molecule has 156 valence electrons. The van der Waals surface area contributed by atoms with Gasteiger partial charge in [-0.3, -0.25) is 9.59 Å². The molecule has 0 saturated heterocycles. The first-order valence-corrected chi connectivity index (χ1v) is 10.7. The van der Waals surface area contributed by atoms with Crippen LogP contribution in [0.2, 0.25) is 5.02 Å². The van der Waals surface area contributed by atoms with E-state index in [4.69, 9.17) is 11.6 Å². The SMILES string of the molecule is CCCC(=O)N(Cc1ccccc1Cl)C(Cc1ccccc1)C(=O)NC(C)CC. The van der Waals surface area contributed by atoms with E-state index in [1.807, 2.05) is 75.4 Å². The summed E-state index contributed by atoms with van der Waals surface area (Å²) in [4.78, 5) is 27.9. The first-order valence-electron chi connectivity index (χ1n) is 10.3. The maximum atomic E-state index is 13.2. The highest BCUT2D eigenvalue weighted by Gasteiger charge is 2.30. The van der Waals surface area contributed by atoms with Crippen LogP contribution in [0.1, 0.15) is 51.2 Å². The van der Waals surface area contributed by atoms with Crippen LogP contribution in [0.25, 0.3) is 0 Å². The first kappa shape index (κ1) is 23.0. The lowest BCUT2D eigenvalue weighted by Gasteiger charge is -2.32. The first-order chi connectivity index (χ1) is 14.0.